The van der Waals surface area contributed by atoms with Gasteiger partial charge in [-0.15, -0.1) is 0 Å². The van der Waals surface area contributed by atoms with Gasteiger partial charge in [-0.2, -0.15) is 0 Å². The topological polar surface area (TPSA) is 105 Å². The molecule has 0 unspecified atom stereocenters. The van der Waals surface area contributed by atoms with Crippen LogP contribution in [-0.4, -0.2) is 41.5 Å². The van der Waals surface area contributed by atoms with Gasteiger partial charge in [0.25, 0.3) is 0 Å². The van der Waals surface area contributed by atoms with Gasteiger partial charge in [-0.05, 0) is 0 Å². The van der Waals surface area contributed by atoms with Crippen LogP contribution in [0.2, 0.25) is 5.21 Å². The maximum absolute atomic E-state index is 12.7. The summed E-state index contributed by atoms with van der Waals surface area (Å²) in [6.45, 7) is 0. The van der Waals surface area contributed by atoms with Crippen LogP contribution < -0.4 is 5.43 Å². The van der Waals surface area contributed by atoms with Crippen LogP contribution in [0.4, 0.5) is 0 Å². The van der Waals surface area contributed by atoms with E-state index in [1.54, 1.807) is 30.6 Å². The van der Waals surface area contributed by atoms with Crippen LogP contribution in [0.25, 0.3) is 21.2 Å². The third kappa shape index (κ3) is 3.47. The number of carboxylic acid groups (broad SMARTS) is 1. The van der Waals surface area contributed by atoms with E-state index in [9.17, 15) is 19.5 Å². The van der Waals surface area contributed by atoms with Gasteiger partial charge in [-0.3, -0.25) is 0 Å². The summed E-state index contributed by atoms with van der Waals surface area (Å²) in [6, 6.07) is 8.72. The number of pyridine rings is 1. The second kappa shape index (κ2) is 7.17. The van der Waals surface area contributed by atoms with Gasteiger partial charge in [-0.25, -0.2) is 0 Å². The van der Waals surface area contributed by atoms with E-state index in [4.69, 9.17) is 5.11 Å². The molecular formula is C17H11AsNO5S. The molecule has 0 spiro atoms. The first-order chi connectivity index (χ1) is 12.0. The Morgan fingerprint density at radius 1 is 1.20 bits per heavy atom. The summed E-state index contributed by atoms with van der Waals surface area (Å²) in [6.07, 6.45) is 3.29. The van der Waals surface area contributed by atoms with Crippen LogP contribution >= 0.6 is 11.3 Å². The van der Waals surface area contributed by atoms with E-state index in [0.717, 1.165) is 22.5 Å². The number of hydrogen-bond donors (Lipinski definition) is 2. The molecule has 0 atom stereocenters. The predicted molar refractivity (Wildman–Crippen MR) is 95.5 cm³/mol. The Morgan fingerprint density at radius 2 is 2.00 bits per heavy atom. The number of carbonyl (C=O) groups is 2. The van der Waals surface area contributed by atoms with Gasteiger partial charge in [0.2, 0.25) is 0 Å². The average Bonchev–Trinajstić information content (AvgIpc) is 2.60. The number of aromatic hydroxyl groups is 1. The number of fused-ring (bicyclic) bond motifs is 1. The molecule has 8 heteroatoms. The van der Waals surface area contributed by atoms with Crippen molar-refractivity contribution in [3.8, 4) is 16.2 Å². The maximum atomic E-state index is 12.7. The minimum absolute atomic E-state index is 0.299. The summed E-state index contributed by atoms with van der Waals surface area (Å²) in [5.41, 5.74) is 0.657. The zero-order valence-electron chi connectivity index (χ0n) is 12.7. The second-order valence-corrected chi connectivity index (χ2v) is 8.23. The van der Waals surface area contributed by atoms with Crippen LogP contribution in [0, 0.1) is 0 Å². The molecule has 2 heterocycles. The summed E-state index contributed by atoms with van der Waals surface area (Å²) >= 11 is -0.303. The fraction of sp³-hybridized carbons (Fsp3) is 0.0588. The van der Waals surface area contributed by atoms with Crippen molar-refractivity contribution >= 4 is 47.7 Å². The minimum atomic E-state index is -1.24. The van der Waals surface area contributed by atoms with Crippen molar-refractivity contribution in [1.29, 1.82) is 0 Å². The zero-order chi connectivity index (χ0) is 18.0. The van der Waals surface area contributed by atoms with Crippen LogP contribution in [0.3, 0.4) is 0 Å². The number of nitrogens with zero attached hydrogens (tertiary/aromatic N) is 1. The Hall–Kier alpha value is -2.50. The number of hydrogen-bond acceptors (Lipinski definition) is 6. The molecule has 0 fully saturated rings. The molecule has 3 rings (SSSR count). The molecule has 0 amide bonds. The van der Waals surface area contributed by atoms with Crippen LogP contribution in [-0.2, 0) is 4.79 Å². The standard InChI is InChI=1S/C17H11AsNO5S/c20-12(21)7-18-16(23)13-14(22)11-5-1-4-10(15(11)25-17(13)24)9-3-2-6-19-8-9/h1-6,8,24H,7H2,(H,20,21). The third-order valence-corrected chi connectivity index (χ3v) is 6.46. The first kappa shape index (κ1) is 17.3. The normalized spacial score (nSPS) is 11.2. The van der Waals surface area contributed by atoms with Crippen molar-refractivity contribution in [2.24, 2.45) is 0 Å². The average molecular weight is 416 g/mol. The molecule has 3 aromatic rings. The number of aliphatic carboxylic acids is 1. The van der Waals surface area contributed by atoms with Crippen molar-refractivity contribution in [2.75, 3.05) is 0 Å². The van der Waals surface area contributed by atoms with E-state index in [2.05, 4.69) is 4.98 Å². The number of rotatable bonds is 5. The zero-order valence-corrected chi connectivity index (χ0v) is 15.4. The van der Waals surface area contributed by atoms with Gasteiger partial charge in [-0.1, -0.05) is 0 Å². The summed E-state index contributed by atoms with van der Waals surface area (Å²) < 4.78 is -0.0184. The fourth-order valence-electron chi connectivity index (χ4n) is 2.36. The monoisotopic (exact) mass is 416 g/mol. The van der Waals surface area contributed by atoms with Crippen molar-refractivity contribution in [3.63, 3.8) is 0 Å². The van der Waals surface area contributed by atoms with Gasteiger partial charge in [0, 0.05) is 0 Å². The van der Waals surface area contributed by atoms with E-state index in [1.165, 1.54) is 0 Å². The number of aromatic nitrogens is 1. The molecule has 0 saturated carbocycles. The Kier molecular flexibility index (Phi) is 4.97. The molecule has 0 aliphatic rings. The summed E-state index contributed by atoms with van der Waals surface area (Å²) in [7, 11) is 0. The second-order valence-electron chi connectivity index (χ2n) is 5.05. The molecule has 0 aliphatic heterocycles. The molecule has 0 aliphatic carbocycles. The molecule has 25 heavy (non-hydrogen) atoms. The van der Waals surface area contributed by atoms with Gasteiger partial charge in [0.05, 0.1) is 0 Å². The number of carbonyl (C=O) groups excluding carboxylic acids is 1. The van der Waals surface area contributed by atoms with Crippen LogP contribution in [0.5, 0.6) is 5.06 Å². The van der Waals surface area contributed by atoms with Crippen molar-refractivity contribution < 1.29 is 19.8 Å². The molecular weight excluding hydrogens is 405 g/mol. The van der Waals surface area contributed by atoms with Crippen molar-refractivity contribution in [3.05, 3.63) is 58.5 Å². The Balaban J connectivity index is 2.17. The molecule has 0 saturated heterocycles. The van der Waals surface area contributed by atoms with Crippen molar-refractivity contribution in [1.82, 2.24) is 4.98 Å². The predicted octanol–water partition coefficient (Wildman–Crippen LogP) is 2.38. The first-order valence-electron chi connectivity index (χ1n) is 7.12. The third-order valence-electron chi connectivity index (χ3n) is 3.44. The van der Waals surface area contributed by atoms with Gasteiger partial charge >= 0.3 is 152 Å². The fourth-order valence-corrected chi connectivity index (χ4v) is 4.93. The summed E-state index contributed by atoms with van der Waals surface area (Å²) in [5, 5.41) is 18.6. The van der Waals surface area contributed by atoms with E-state index >= 15 is 0 Å². The van der Waals surface area contributed by atoms with Gasteiger partial charge in [0.15, 0.2) is 0 Å². The number of carboxylic acids is 1. The number of benzene rings is 1. The molecule has 1 aromatic carbocycles. The van der Waals surface area contributed by atoms with Crippen molar-refractivity contribution in [2.45, 2.75) is 5.21 Å². The molecule has 125 valence electrons. The van der Waals surface area contributed by atoms with E-state index in [-0.39, 0.29) is 15.8 Å². The van der Waals surface area contributed by atoms with E-state index in [0.29, 0.717) is 10.1 Å². The molecule has 2 N–H and O–H groups in total. The Morgan fingerprint density at radius 3 is 2.68 bits per heavy atom. The van der Waals surface area contributed by atoms with Crippen LogP contribution in [0.1, 0.15) is 10.4 Å². The van der Waals surface area contributed by atoms with E-state index in [1.807, 2.05) is 12.1 Å². The summed E-state index contributed by atoms with van der Waals surface area (Å²) in [5.74, 6) is -1.09. The van der Waals surface area contributed by atoms with Crippen LogP contribution in [0.15, 0.2) is 47.5 Å². The van der Waals surface area contributed by atoms with E-state index < -0.39 is 31.7 Å². The first-order valence-corrected chi connectivity index (χ1v) is 10.2. The Bertz CT molecular complexity index is 1030. The molecule has 0 bridgehead atoms. The quantitative estimate of drug-likeness (QED) is 0.619. The Labute approximate surface area is 152 Å². The van der Waals surface area contributed by atoms with Gasteiger partial charge in [0.1, 0.15) is 0 Å². The molecule has 2 aromatic heterocycles. The summed E-state index contributed by atoms with van der Waals surface area (Å²) in [4.78, 5) is 39.6. The SMILES string of the molecule is O=C(O)C[As]C(=O)c1c(O)sc2c(-c3cccnc3)cccc2c1=O. The molecule has 6 nitrogen and oxygen atoms in total. The van der Waals surface area contributed by atoms with Gasteiger partial charge < -0.3 is 0 Å². The molecule has 1 radical (unpaired) electrons.